The fourth-order valence-corrected chi connectivity index (χ4v) is 2.71. The predicted octanol–water partition coefficient (Wildman–Crippen LogP) is 2.33. The molecule has 0 amide bonds. The minimum atomic E-state index is -0.185. The van der Waals surface area contributed by atoms with Gasteiger partial charge in [-0.1, -0.05) is 20.3 Å². The third-order valence-corrected chi connectivity index (χ3v) is 3.87. The summed E-state index contributed by atoms with van der Waals surface area (Å²) in [7, 11) is 0. The molecule has 17 heavy (non-hydrogen) atoms. The molecule has 0 aliphatic heterocycles. The van der Waals surface area contributed by atoms with Crippen LogP contribution in [0.25, 0.3) is 0 Å². The minimum absolute atomic E-state index is 0.0915. The Morgan fingerprint density at radius 1 is 1.41 bits per heavy atom. The van der Waals surface area contributed by atoms with Crippen LogP contribution in [0.2, 0.25) is 0 Å². The maximum absolute atomic E-state index is 11.7. The summed E-state index contributed by atoms with van der Waals surface area (Å²) in [6.07, 6.45) is 5.02. The van der Waals surface area contributed by atoms with Crippen molar-refractivity contribution in [1.29, 1.82) is 0 Å². The van der Waals surface area contributed by atoms with Crippen LogP contribution in [0.5, 0.6) is 5.88 Å². The molecule has 2 atom stereocenters. The average molecular weight is 236 g/mol. The van der Waals surface area contributed by atoms with E-state index in [0.29, 0.717) is 23.7 Å². The van der Waals surface area contributed by atoms with E-state index in [1.54, 1.807) is 0 Å². The monoisotopic (exact) mass is 236 g/mol. The van der Waals surface area contributed by atoms with E-state index in [-0.39, 0.29) is 11.4 Å². The van der Waals surface area contributed by atoms with Gasteiger partial charge in [-0.05, 0) is 31.6 Å². The SMILES string of the molecule is CCc1c(O)nc(C2CCC(CC)C2)[nH]c1=O. The van der Waals surface area contributed by atoms with Crippen molar-refractivity contribution in [3.63, 3.8) is 0 Å². The Labute approximate surface area is 101 Å². The van der Waals surface area contributed by atoms with E-state index in [1.165, 1.54) is 12.8 Å². The number of rotatable bonds is 3. The first-order valence-corrected chi connectivity index (χ1v) is 6.47. The fraction of sp³-hybridized carbons (Fsp3) is 0.692. The molecule has 1 aromatic rings. The Hall–Kier alpha value is -1.32. The number of hydrogen-bond acceptors (Lipinski definition) is 3. The number of aromatic amines is 1. The zero-order valence-electron chi connectivity index (χ0n) is 10.5. The van der Waals surface area contributed by atoms with Crippen molar-refractivity contribution in [3.8, 4) is 5.88 Å². The highest BCUT2D eigenvalue weighted by atomic mass is 16.3. The third kappa shape index (κ3) is 2.35. The second kappa shape index (κ2) is 4.90. The van der Waals surface area contributed by atoms with Crippen molar-refractivity contribution in [2.24, 2.45) is 5.92 Å². The number of H-pyrrole nitrogens is 1. The van der Waals surface area contributed by atoms with Gasteiger partial charge in [0.1, 0.15) is 5.82 Å². The van der Waals surface area contributed by atoms with Gasteiger partial charge in [-0.2, -0.15) is 4.98 Å². The summed E-state index contributed by atoms with van der Waals surface area (Å²) in [6, 6.07) is 0. The van der Waals surface area contributed by atoms with Gasteiger partial charge in [-0.3, -0.25) is 4.79 Å². The Kier molecular flexibility index (Phi) is 3.50. The van der Waals surface area contributed by atoms with Gasteiger partial charge in [0, 0.05) is 5.92 Å². The van der Waals surface area contributed by atoms with Crippen molar-refractivity contribution in [2.75, 3.05) is 0 Å². The quantitative estimate of drug-likeness (QED) is 0.846. The second-order valence-corrected chi connectivity index (χ2v) is 4.89. The van der Waals surface area contributed by atoms with Crippen LogP contribution in [-0.4, -0.2) is 15.1 Å². The van der Waals surface area contributed by atoms with Crippen LogP contribution in [0.3, 0.4) is 0 Å². The summed E-state index contributed by atoms with van der Waals surface area (Å²) >= 11 is 0. The molecular formula is C13H20N2O2. The number of hydrogen-bond donors (Lipinski definition) is 2. The molecule has 0 radical (unpaired) electrons. The van der Waals surface area contributed by atoms with Crippen molar-refractivity contribution >= 4 is 0 Å². The van der Waals surface area contributed by atoms with E-state index >= 15 is 0 Å². The summed E-state index contributed by atoms with van der Waals surface area (Å²) in [5.74, 6) is 1.62. The minimum Gasteiger partial charge on any atom is -0.493 e. The molecule has 2 unspecified atom stereocenters. The zero-order valence-corrected chi connectivity index (χ0v) is 10.5. The molecule has 0 aromatic carbocycles. The molecule has 1 aliphatic carbocycles. The lowest BCUT2D eigenvalue weighted by Crippen LogP contribution is -2.17. The van der Waals surface area contributed by atoms with Gasteiger partial charge >= 0.3 is 0 Å². The molecule has 0 bridgehead atoms. The van der Waals surface area contributed by atoms with Crippen LogP contribution in [0, 0.1) is 5.92 Å². The van der Waals surface area contributed by atoms with E-state index in [1.807, 2.05) is 6.92 Å². The van der Waals surface area contributed by atoms with Crippen LogP contribution in [0.1, 0.15) is 56.8 Å². The molecule has 4 heteroatoms. The van der Waals surface area contributed by atoms with Gasteiger partial charge in [0.15, 0.2) is 0 Å². The molecule has 1 saturated carbocycles. The standard InChI is InChI=1S/C13H20N2O2/c1-3-8-5-6-9(7-8)11-14-12(16)10(4-2)13(17)15-11/h8-9H,3-7H2,1-2H3,(H2,14,15,16,17). The van der Waals surface area contributed by atoms with Crippen molar-refractivity contribution in [3.05, 3.63) is 21.7 Å². The molecule has 1 fully saturated rings. The highest BCUT2D eigenvalue weighted by molar-refractivity contribution is 5.23. The highest BCUT2D eigenvalue weighted by Crippen LogP contribution is 2.38. The molecule has 94 valence electrons. The third-order valence-electron chi connectivity index (χ3n) is 3.87. The van der Waals surface area contributed by atoms with Crippen LogP contribution in [-0.2, 0) is 6.42 Å². The van der Waals surface area contributed by atoms with Gasteiger partial charge in [0.2, 0.25) is 5.88 Å². The van der Waals surface area contributed by atoms with Crippen molar-refractivity contribution in [2.45, 2.75) is 51.9 Å². The van der Waals surface area contributed by atoms with Gasteiger partial charge in [0.05, 0.1) is 5.56 Å². The molecule has 2 N–H and O–H groups in total. The van der Waals surface area contributed by atoms with Crippen LogP contribution < -0.4 is 5.56 Å². The van der Waals surface area contributed by atoms with E-state index in [4.69, 9.17) is 0 Å². The van der Waals surface area contributed by atoms with Crippen molar-refractivity contribution < 1.29 is 5.11 Å². The van der Waals surface area contributed by atoms with Crippen LogP contribution in [0.4, 0.5) is 0 Å². The maximum atomic E-state index is 11.7. The average Bonchev–Trinajstić information content (AvgIpc) is 2.77. The molecule has 4 nitrogen and oxygen atoms in total. The van der Waals surface area contributed by atoms with E-state index in [2.05, 4.69) is 16.9 Å². The van der Waals surface area contributed by atoms with Crippen LogP contribution in [0.15, 0.2) is 4.79 Å². The van der Waals surface area contributed by atoms with E-state index in [0.717, 1.165) is 18.8 Å². The first kappa shape index (κ1) is 12.1. The van der Waals surface area contributed by atoms with E-state index in [9.17, 15) is 9.90 Å². The van der Waals surface area contributed by atoms with E-state index < -0.39 is 0 Å². The lowest BCUT2D eigenvalue weighted by Gasteiger charge is -2.10. The molecule has 1 heterocycles. The van der Waals surface area contributed by atoms with Gasteiger partial charge in [-0.15, -0.1) is 0 Å². The summed E-state index contributed by atoms with van der Waals surface area (Å²) < 4.78 is 0. The highest BCUT2D eigenvalue weighted by Gasteiger charge is 2.27. The topological polar surface area (TPSA) is 66.0 Å². The molecular weight excluding hydrogens is 216 g/mol. The Bertz CT molecular complexity index is 453. The van der Waals surface area contributed by atoms with Crippen LogP contribution >= 0.6 is 0 Å². The lowest BCUT2D eigenvalue weighted by molar-refractivity contribution is 0.435. The Morgan fingerprint density at radius 2 is 2.18 bits per heavy atom. The first-order chi connectivity index (χ1) is 8.15. The second-order valence-electron chi connectivity index (χ2n) is 4.89. The smallest absolute Gasteiger partial charge is 0.257 e. The van der Waals surface area contributed by atoms with Gasteiger partial charge in [0.25, 0.3) is 5.56 Å². The summed E-state index contributed by atoms with van der Waals surface area (Å²) in [5, 5.41) is 9.72. The summed E-state index contributed by atoms with van der Waals surface area (Å²) in [5.41, 5.74) is 0.203. The van der Waals surface area contributed by atoms with Crippen molar-refractivity contribution in [1.82, 2.24) is 9.97 Å². The first-order valence-electron chi connectivity index (χ1n) is 6.47. The normalized spacial score (nSPS) is 24.1. The Balaban J connectivity index is 2.26. The maximum Gasteiger partial charge on any atom is 0.257 e. The summed E-state index contributed by atoms with van der Waals surface area (Å²) in [4.78, 5) is 18.7. The lowest BCUT2D eigenvalue weighted by atomic mass is 10.0. The molecule has 1 aromatic heterocycles. The molecule has 2 rings (SSSR count). The van der Waals surface area contributed by atoms with Gasteiger partial charge < -0.3 is 10.1 Å². The fourth-order valence-electron chi connectivity index (χ4n) is 2.71. The summed E-state index contributed by atoms with van der Waals surface area (Å²) in [6.45, 7) is 4.04. The molecule has 1 aliphatic rings. The largest absolute Gasteiger partial charge is 0.493 e. The number of aromatic hydroxyl groups is 1. The number of nitrogens with one attached hydrogen (secondary N) is 1. The Morgan fingerprint density at radius 3 is 2.71 bits per heavy atom. The predicted molar refractivity (Wildman–Crippen MR) is 66.3 cm³/mol. The molecule has 0 spiro atoms. The zero-order chi connectivity index (χ0) is 12.4. The molecule has 0 saturated heterocycles. The van der Waals surface area contributed by atoms with Gasteiger partial charge in [-0.25, -0.2) is 0 Å². The number of aromatic nitrogens is 2. The number of nitrogens with zero attached hydrogens (tertiary/aromatic N) is 1.